The summed E-state index contributed by atoms with van der Waals surface area (Å²) in [5.41, 5.74) is 1.94. The lowest BCUT2D eigenvalue weighted by Gasteiger charge is -2.20. The van der Waals surface area contributed by atoms with Crippen LogP contribution < -0.4 is 5.32 Å². The molecule has 1 aromatic carbocycles. The molecule has 0 aliphatic heterocycles. The van der Waals surface area contributed by atoms with Crippen LogP contribution in [0.2, 0.25) is 0 Å². The molecule has 0 aliphatic rings. The number of benzene rings is 1. The maximum absolute atomic E-state index is 13.2. The highest BCUT2D eigenvalue weighted by atomic mass is 32.2. The second-order valence-corrected chi connectivity index (χ2v) is 7.46. The molecule has 0 aliphatic carbocycles. The van der Waals surface area contributed by atoms with Crippen molar-refractivity contribution in [2.75, 3.05) is 18.1 Å². The molecule has 0 saturated carbocycles. The molecule has 1 N–H and O–H groups in total. The molecule has 0 heterocycles. The first kappa shape index (κ1) is 17.1. The molecular weight excluding hydrogens is 277 g/mol. The van der Waals surface area contributed by atoms with E-state index in [1.165, 1.54) is 12.1 Å². The number of halogens is 1. The Balaban J connectivity index is 2.74. The second-order valence-electron chi connectivity index (χ2n) is 4.99. The normalized spacial score (nSPS) is 13.4. The highest BCUT2D eigenvalue weighted by Crippen LogP contribution is 2.23. The van der Waals surface area contributed by atoms with E-state index in [2.05, 4.69) is 5.32 Å². The van der Waals surface area contributed by atoms with E-state index in [-0.39, 0.29) is 23.4 Å². The Labute approximate surface area is 121 Å². The Hall–Kier alpha value is -0.940. The summed E-state index contributed by atoms with van der Waals surface area (Å²) in [7, 11) is -2.92. The Kier molecular flexibility index (Phi) is 6.62. The van der Waals surface area contributed by atoms with Crippen LogP contribution >= 0.6 is 0 Å². The van der Waals surface area contributed by atoms with Gasteiger partial charge >= 0.3 is 0 Å². The lowest BCUT2D eigenvalue weighted by atomic mass is 9.97. The van der Waals surface area contributed by atoms with E-state index in [9.17, 15) is 12.8 Å². The second kappa shape index (κ2) is 7.74. The van der Waals surface area contributed by atoms with Gasteiger partial charge in [0, 0.05) is 11.8 Å². The predicted octanol–water partition coefficient (Wildman–Crippen LogP) is 3.00. The van der Waals surface area contributed by atoms with Crippen LogP contribution in [-0.2, 0) is 9.84 Å². The van der Waals surface area contributed by atoms with Crippen LogP contribution in [0.3, 0.4) is 0 Å². The van der Waals surface area contributed by atoms with Gasteiger partial charge in [-0.1, -0.05) is 19.9 Å². The van der Waals surface area contributed by atoms with E-state index >= 15 is 0 Å². The molecule has 0 saturated heterocycles. The van der Waals surface area contributed by atoms with Crippen molar-refractivity contribution >= 4 is 9.84 Å². The first-order valence-corrected chi connectivity index (χ1v) is 8.91. The summed E-state index contributed by atoms with van der Waals surface area (Å²) >= 11 is 0. The number of sulfone groups is 1. The fraction of sp³-hybridized carbons (Fsp3) is 0.600. The molecule has 1 rings (SSSR count). The smallest absolute Gasteiger partial charge is 0.150 e. The van der Waals surface area contributed by atoms with Gasteiger partial charge in [-0.15, -0.1) is 0 Å². The average Bonchev–Trinajstić information content (AvgIpc) is 2.38. The minimum atomic E-state index is -2.92. The van der Waals surface area contributed by atoms with Crippen molar-refractivity contribution in [3.05, 3.63) is 35.1 Å². The summed E-state index contributed by atoms with van der Waals surface area (Å²) in [4.78, 5) is 0. The van der Waals surface area contributed by atoms with E-state index in [0.717, 1.165) is 24.1 Å². The van der Waals surface area contributed by atoms with Crippen molar-refractivity contribution in [1.82, 2.24) is 5.32 Å². The number of nitrogens with one attached hydrogen (secondary N) is 1. The molecule has 1 atom stereocenters. The lowest BCUT2D eigenvalue weighted by molar-refractivity contribution is 0.503. The Morgan fingerprint density at radius 2 is 2.00 bits per heavy atom. The van der Waals surface area contributed by atoms with Crippen molar-refractivity contribution in [2.24, 2.45) is 0 Å². The third-order valence-electron chi connectivity index (χ3n) is 3.45. The minimum Gasteiger partial charge on any atom is -0.310 e. The molecular formula is C15H24FNO2S. The van der Waals surface area contributed by atoms with Gasteiger partial charge in [-0.2, -0.15) is 0 Å². The largest absolute Gasteiger partial charge is 0.310 e. The van der Waals surface area contributed by atoms with Gasteiger partial charge in [-0.05, 0) is 49.6 Å². The summed E-state index contributed by atoms with van der Waals surface area (Å²) in [6.07, 6.45) is 1.35. The molecule has 0 aromatic heterocycles. The van der Waals surface area contributed by atoms with Crippen LogP contribution in [0, 0.1) is 12.7 Å². The molecule has 0 radical (unpaired) electrons. The van der Waals surface area contributed by atoms with Crippen LogP contribution in [0.4, 0.5) is 4.39 Å². The van der Waals surface area contributed by atoms with Gasteiger partial charge in [0.1, 0.15) is 15.7 Å². The topological polar surface area (TPSA) is 46.2 Å². The zero-order valence-electron chi connectivity index (χ0n) is 12.4. The van der Waals surface area contributed by atoms with Crippen LogP contribution in [0.5, 0.6) is 0 Å². The molecule has 1 unspecified atom stereocenters. The quantitative estimate of drug-likeness (QED) is 0.803. The highest BCUT2D eigenvalue weighted by Gasteiger charge is 2.15. The maximum atomic E-state index is 13.2. The Morgan fingerprint density at radius 3 is 2.55 bits per heavy atom. The fourth-order valence-corrected chi connectivity index (χ4v) is 3.19. The molecule has 20 heavy (non-hydrogen) atoms. The summed E-state index contributed by atoms with van der Waals surface area (Å²) in [6, 6.07) is 4.83. The first-order chi connectivity index (χ1) is 9.39. The molecule has 0 amide bonds. The van der Waals surface area contributed by atoms with Crippen LogP contribution in [0.15, 0.2) is 18.2 Å². The van der Waals surface area contributed by atoms with Crippen LogP contribution in [0.25, 0.3) is 0 Å². The zero-order chi connectivity index (χ0) is 15.2. The number of hydrogen-bond acceptors (Lipinski definition) is 3. The SMILES string of the molecule is CCNC(CCCS(=O)(=O)CC)c1ccc(F)cc1C. The molecule has 0 fully saturated rings. The van der Waals surface area contributed by atoms with Gasteiger partial charge < -0.3 is 5.32 Å². The number of aryl methyl sites for hydroxylation is 1. The predicted molar refractivity (Wildman–Crippen MR) is 81.1 cm³/mol. The third-order valence-corrected chi connectivity index (χ3v) is 5.24. The van der Waals surface area contributed by atoms with Crippen LogP contribution in [-0.4, -0.2) is 26.5 Å². The first-order valence-electron chi connectivity index (χ1n) is 7.09. The summed E-state index contributed by atoms with van der Waals surface area (Å²) in [5.74, 6) is 0.162. The van der Waals surface area contributed by atoms with Crippen molar-refractivity contribution < 1.29 is 12.8 Å². The maximum Gasteiger partial charge on any atom is 0.150 e. The standard InChI is InChI=1S/C15H24FNO2S/c1-4-17-15(7-6-10-20(18,19)5-2)14-9-8-13(16)11-12(14)3/h8-9,11,15,17H,4-7,10H2,1-3H3. The summed E-state index contributed by atoms with van der Waals surface area (Å²) in [6.45, 7) is 6.35. The van der Waals surface area contributed by atoms with Gasteiger partial charge in [-0.3, -0.25) is 0 Å². The summed E-state index contributed by atoms with van der Waals surface area (Å²) < 4.78 is 36.2. The summed E-state index contributed by atoms with van der Waals surface area (Å²) in [5, 5.41) is 3.35. The number of rotatable bonds is 8. The molecule has 114 valence electrons. The minimum absolute atomic E-state index is 0.0765. The number of hydrogen-bond donors (Lipinski definition) is 1. The Bertz CT molecular complexity index is 529. The van der Waals surface area contributed by atoms with Gasteiger partial charge in [-0.25, -0.2) is 12.8 Å². The van der Waals surface area contributed by atoms with E-state index in [0.29, 0.717) is 6.42 Å². The van der Waals surface area contributed by atoms with Gasteiger partial charge in [0.05, 0.1) is 5.75 Å². The molecule has 1 aromatic rings. The van der Waals surface area contributed by atoms with Crippen LogP contribution in [0.1, 0.15) is 43.9 Å². The molecule has 0 bridgehead atoms. The zero-order valence-corrected chi connectivity index (χ0v) is 13.3. The Morgan fingerprint density at radius 1 is 1.30 bits per heavy atom. The molecule has 3 nitrogen and oxygen atoms in total. The fourth-order valence-electron chi connectivity index (χ4n) is 2.30. The molecule has 0 spiro atoms. The van der Waals surface area contributed by atoms with E-state index in [1.54, 1.807) is 13.0 Å². The van der Waals surface area contributed by atoms with E-state index in [4.69, 9.17) is 0 Å². The van der Waals surface area contributed by atoms with E-state index in [1.807, 2.05) is 13.8 Å². The monoisotopic (exact) mass is 301 g/mol. The van der Waals surface area contributed by atoms with Crippen molar-refractivity contribution in [3.8, 4) is 0 Å². The molecule has 5 heteroatoms. The van der Waals surface area contributed by atoms with Crippen molar-refractivity contribution in [2.45, 2.75) is 39.7 Å². The highest BCUT2D eigenvalue weighted by molar-refractivity contribution is 7.91. The third kappa shape index (κ3) is 5.21. The van der Waals surface area contributed by atoms with Gasteiger partial charge in [0.15, 0.2) is 0 Å². The van der Waals surface area contributed by atoms with Crippen molar-refractivity contribution in [3.63, 3.8) is 0 Å². The van der Waals surface area contributed by atoms with Gasteiger partial charge in [0.2, 0.25) is 0 Å². The average molecular weight is 301 g/mol. The van der Waals surface area contributed by atoms with Gasteiger partial charge in [0.25, 0.3) is 0 Å². The van der Waals surface area contributed by atoms with Crippen molar-refractivity contribution in [1.29, 1.82) is 0 Å². The van der Waals surface area contributed by atoms with E-state index < -0.39 is 9.84 Å². The lowest BCUT2D eigenvalue weighted by Crippen LogP contribution is -2.22.